The topological polar surface area (TPSA) is 97.0 Å². The lowest BCUT2D eigenvalue weighted by Crippen LogP contribution is -2.33. The second-order valence-corrected chi connectivity index (χ2v) is 6.81. The summed E-state index contributed by atoms with van der Waals surface area (Å²) in [5.41, 5.74) is 1.06. The zero-order valence-corrected chi connectivity index (χ0v) is 15.5. The number of aromatic nitrogens is 4. The Morgan fingerprint density at radius 2 is 2.00 bits per heavy atom. The van der Waals surface area contributed by atoms with Crippen LogP contribution in [0.1, 0.15) is 36.0 Å². The molecule has 1 aliphatic heterocycles. The van der Waals surface area contributed by atoms with Crippen LogP contribution in [-0.2, 0) is 17.8 Å². The minimum atomic E-state index is -0.117. The zero-order chi connectivity index (χ0) is 19.2. The molecule has 1 fully saturated rings. The van der Waals surface area contributed by atoms with Gasteiger partial charge in [-0.2, -0.15) is 4.98 Å². The van der Waals surface area contributed by atoms with E-state index in [-0.39, 0.29) is 18.2 Å². The summed E-state index contributed by atoms with van der Waals surface area (Å²) >= 11 is 0. The van der Waals surface area contributed by atoms with E-state index in [9.17, 15) is 4.79 Å². The van der Waals surface area contributed by atoms with Crippen molar-refractivity contribution in [2.24, 2.45) is 0 Å². The Morgan fingerprint density at radius 3 is 2.75 bits per heavy atom. The Labute approximate surface area is 163 Å². The summed E-state index contributed by atoms with van der Waals surface area (Å²) in [5.74, 6) is 2.03. The van der Waals surface area contributed by atoms with E-state index in [2.05, 4.69) is 30.3 Å². The molecule has 0 unspecified atom stereocenters. The molecule has 1 amide bonds. The van der Waals surface area contributed by atoms with Crippen molar-refractivity contribution in [1.29, 1.82) is 0 Å². The molecule has 3 heterocycles. The van der Waals surface area contributed by atoms with Crippen molar-refractivity contribution >= 4 is 11.7 Å². The van der Waals surface area contributed by atoms with Crippen LogP contribution in [0.25, 0.3) is 0 Å². The van der Waals surface area contributed by atoms with E-state index in [1.807, 2.05) is 30.3 Å². The van der Waals surface area contributed by atoms with Gasteiger partial charge in [-0.3, -0.25) is 9.78 Å². The molecule has 1 aromatic carbocycles. The minimum Gasteiger partial charge on any atom is -0.355 e. The van der Waals surface area contributed by atoms with Crippen LogP contribution in [0.3, 0.4) is 0 Å². The van der Waals surface area contributed by atoms with Gasteiger partial charge in [-0.05, 0) is 18.4 Å². The van der Waals surface area contributed by atoms with E-state index in [1.165, 1.54) is 0 Å². The molecule has 144 valence electrons. The van der Waals surface area contributed by atoms with Gasteiger partial charge in [0.25, 0.3) is 0 Å². The average Bonchev–Trinajstić information content (AvgIpc) is 3.22. The highest BCUT2D eigenvalue weighted by atomic mass is 16.5. The van der Waals surface area contributed by atoms with E-state index in [0.717, 1.165) is 37.3 Å². The van der Waals surface area contributed by atoms with E-state index in [1.54, 1.807) is 18.6 Å². The summed E-state index contributed by atoms with van der Waals surface area (Å²) in [6, 6.07) is 9.79. The number of carbonyl (C=O) groups is 1. The van der Waals surface area contributed by atoms with Crippen LogP contribution in [0.2, 0.25) is 0 Å². The lowest BCUT2D eigenvalue weighted by Gasteiger charge is -2.30. The van der Waals surface area contributed by atoms with Crippen molar-refractivity contribution in [2.75, 3.05) is 18.0 Å². The van der Waals surface area contributed by atoms with E-state index >= 15 is 0 Å². The van der Waals surface area contributed by atoms with Crippen molar-refractivity contribution in [2.45, 2.75) is 31.7 Å². The maximum atomic E-state index is 12.1. The first-order valence-corrected chi connectivity index (χ1v) is 9.42. The van der Waals surface area contributed by atoms with Crippen molar-refractivity contribution in [3.8, 4) is 0 Å². The SMILES string of the molecule is O=C(Cc1noc(C2CCN(c3cnccn3)CC2)n1)NCc1ccccc1. The van der Waals surface area contributed by atoms with Gasteiger partial charge in [0.1, 0.15) is 5.82 Å². The van der Waals surface area contributed by atoms with Crippen molar-refractivity contribution < 1.29 is 9.32 Å². The number of anilines is 1. The van der Waals surface area contributed by atoms with Crippen LogP contribution < -0.4 is 10.2 Å². The minimum absolute atomic E-state index is 0.117. The first kappa shape index (κ1) is 18.1. The molecule has 2 aromatic heterocycles. The Kier molecular flexibility index (Phi) is 5.56. The predicted octanol–water partition coefficient (Wildman–Crippen LogP) is 2.10. The van der Waals surface area contributed by atoms with Crippen LogP contribution in [0.4, 0.5) is 5.82 Å². The fourth-order valence-electron chi connectivity index (χ4n) is 3.32. The zero-order valence-electron chi connectivity index (χ0n) is 15.5. The van der Waals surface area contributed by atoms with Crippen molar-refractivity contribution in [3.05, 3.63) is 66.2 Å². The quantitative estimate of drug-likeness (QED) is 0.701. The molecular weight excluding hydrogens is 356 g/mol. The van der Waals surface area contributed by atoms with E-state index in [4.69, 9.17) is 4.52 Å². The maximum Gasteiger partial charge on any atom is 0.229 e. The van der Waals surface area contributed by atoms with Gasteiger partial charge in [0.15, 0.2) is 5.82 Å². The molecule has 0 aliphatic carbocycles. The smallest absolute Gasteiger partial charge is 0.229 e. The highest BCUT2D eigenvalue weighted by Gasteiger charge is 2.26. The lowest BCUT2D eigenvalue weighted by molar-refractivity contribution is -0.120. The van der Waals surface area contributed by atoms with Crippen molar-refractivity contribution in [1.82, 2.24) is 25.4 Å². The Bertz CT molecular complexity index is 891. The number of rotatable bonds is 6. The Hall–Kier alpha value is -3.29. The molecule has 0 spiro atoms. The monoisotopic (exact) mass is 378 g/mol. The fraction of sp³-hybridized carbons (Fsp3) is 0.350. The molecule has 28 heavy (non-hydrogen) atoms. The number of hydrogen-bond donors (Lipinski definition) is 1. The number of hydrogen-bond acceptors (Lipinski definition) is 7. The lowest BCUT2D eigenvalue weighted by atomic mass is 9.97. The number of nitrogens with one attached hydrogen (secondary N) is 1. The molecule has 0 bridgehead atoms. The van der Waals surface area contributed by atoms with Gasteiger partial charge in [0.2, 0.25) is 11.8 Å². The molecule has 0 saturated carbocycles. The van der Waals surface area contributed by atoms with E-state index < -0.39 is 0 Å². The number of carbonyl (C=O) groups excluding carboxylic acids is 1. The Morgan fingerprint density at radius 1 is 1.18 bits per heavy atom. The average molecular weight is 378 g/mol. The van der Waals surface area contributed by atoms with Gasteiger partial charge < -0.3 is 14.7 Å². The first-order valence-electron chi connectivity index (χ1n) is 9.42. The molecular formula is C20H22N6O2. The van der Waals surface area contributed by atoms with Gasteiger partial charge in [0.05, 0.1) is 12.6 Å². The molecule has 1 aliphatic rings. The highest BCUT2D eigenvalue weighted by Crippen LogP contribution is 2.28. The molecule has 0 atom stereocenters. The van der Waals surface area contributed by atoms with Crippen LogP contribution in [-0.4, -0.2) is 39.1 Å². The standard InChI is InChI=1S/C20H22N6O2/c27-19(23-13-15-4-2-1-3-5-15)12-17-24-20(28-25-17)16-6-10-26(11-7-16)18-14-21-8-9-22-18/h1-5,8-9,14,16H,6-7,10-13H2,(H,23,27). The number of nitrogens with zero attached hydrogens (tertiary/aromatic N) is 5. The van der Waals surface area contributed by atoms with Crippen LogP contribution in [0.5, 0.6) is 0 Å². The second-order valence-electron chi connectivity index (χ2n) is 6.81. The third kappa shape index (κ3) is 4.51. The molecule has 0 radical (unpaired) electrons. The third-order valence-corrected chi connectivity index (χ3v) is 4.85. The molecule has 4 rings (SSSR count). The van der Waals surface area contributed by atoms with Gasteiger partial charge in [-0.25, -0.2) is 4.98 Å². The fourth-order valence-corrected chi connectivity index (χ4v) is 3.32. The molecule has 8 heteroatoms. The Balaban J connectivity index is 1.27. The molecule has 3 aromatic rings. The number of piperidine rings is 1. The number of benzene rings is 1. The normalized spacial score (nSPS) is 14.8. The number of amides is 1. The first-order chi connectivity index (χ1) is 13.8. The molecule has 8 nitrogen and oxygen atoms in total. The van der Waals surface area contributed by atoms with Crippen LogP contribution in [0, 0.1) is 0 Å². The summed E-state index contributed by atoms with van der Waals surface area (Å²) in [5, 5.41) is 6.86. The summed E-state index contributed by atoms with van der Waals surface area (Å²) in [4.78, 5) is 27.2. The van der Waals surface area contributed by atoms with Gasteiger partial charge >= 0.3 is 0 Å². The summed E-state index contributed by atoms with van der Waals surface area (Å²) in [7, 11) is 0. The summed E-state index contributed by atoms with van der Waals surface area (Å²) in [6.45, 7) is 2.21. The van der Waals surface area contributed by atoms with Gasteiger partial charge in [-0.1, -0.05) is 35.5 Å². The van der Waals surface area contributed by atoms with Gasteiger partial charge in [-0.15, -0.1) is 0 Å². The maximum absolute atomic E-state index is 12.1. The van der Waals surface area contributed by atoms with Crippen molar-refractivity contribution in [3.63, 3.8) is 0 Å². The highest BCUT2D eigenvalue weighted by molar-refractivity contribution is 5.77. The summed E-state index contributed by atoms with van der Waals surface area (Å²) < 4.78 is 5.42. The molecule has 1 N–H and O–H groups in total. The predicted molar refractivity (Wildman–Crippen MR) is 103 cm³/mol. The largest absolute Gasteiger partial charge is 0.355 e. The second kappa shape index (κ2) is 8.60. The summed E-state index contributed by atoms with van der Waals surface area (Å²) in [6.07, 6.45) is 7.07. The van der Waals surface area contributed by atoms with Crippen LogP contribution in [0.15, 0.2) is 53.4 Å². The van der Waals surface area contributed by atoms with Crippen LogP contribution >= 0.6 is 0 Å². The van der Waals surface area contributed by atoms with E-state index in [0.29, 0.717) is 18.3 Å². The molecule has 1 saturated heterocycles. The van der Waals surface area contributed by atoms with Gasteiger partial charge in [0, 0.05) is 37.9 Å². The third-order valence-electron chi connectivity index (χ3n) is 4.85.